The second-order valence-corrected chi connectivity index (χ2v) is 8.70. The Morgan fingerprint density at radius 1 is 1.31 bits per heavy atom. The monoisotopic (exact) mass is 373 g/mol. The molecule has 0 radical (unpaired) electrons. The Labute approximate surface area is 156 Å². The van der Waals surface area contributed by atoms with Crippen molar-refractivity contribution in [2.24, 2.45) is 5.41 Å². The van der Waals surface area contributed by atoms with Crippen LogP contribution in [-0.4, -0.2) is 37.7 Å². The van der Waals surface area contributed by atoms with E-state index in [2.05, 4.69) is 20.4 Å². The average Bonchev–Trinajstić information content (AvgIpc) is 3.10. The number of nitrogens with one attached hydrogen (secondary N) is 1. The van der Waals surface area contributed by atoms with Crippen LogP contribution < -0.4 is 5.32 Å². The predicted molar refractivity (Wildman–Crippen MR) is 102 cm³/mol. The number of esters is 1. The van der Waals surface area contributed by atoms with Gasteiger partial charge in [0, 0.05) is 24.5 Å². The fraction of sp³-hybridized carbons (Fsp3) is 0.444. The number of hydrogen-bond donors (Lipinski definition) is 1. The topological polar surface area (TPSA) is 81.4 Å². The number of anilines is 1. The Balaban J connectivity index is 1.68. The molecule has 0 spiro atoms. The lowest BCUT2D eigenvalue weighted by Gasteiger charge is -2.28. The first-order chi connectivity index (χ1) is 12.1. The second-order valence-electron chi connectivity index (χ2n) is 7.74. The van der Waals surface area contributed by atoms with E-state index in [1.54, 1.807) is 16.9 Å². The summed E-state index contributed by atoms with van der Waals surface area (Å²) in [4.78, 5) is 21.8. The Kier molecular flexibility index (Phi) is 4.70. The summed E-state index contributed by atoms with van der Waals surface area (Å²) in [5.74, 6) is -0.238. The van der Waals surface area contributed by atoms with Crippen molar-refractivity contribution in [1.29, 1.82) is 0 Å². The number of rotatable bonds is 5. The van der Waals surface area contributed by atoms with Gasteiger partial charge in [-0.3, -0.25) is 9.78 Å². The van der Waals surface area contributed by atoms with Crippen molar-refractivity contribution in [2.75, 3.05) is 11.9 Å². The van der Waals surface area contributed by atoms with Crippen LogP contribution in [0.15, 0.2) is 30.7 Å². The highest BCUT2D eigenvalue weighted by molar-refractivity contribution is 7.20. The van der Waals surface area contributed by atoms with Crippen LogP contribution in [0.1, 0.15) is 34.6 Å². The van der Waals surface area contributed by atoms with Crippen molar-refractivity contribution in [3.8, 4) is 11.3 Å². The minimum atomic E-state index is -0.665. The third-order valence-corrected chi connectivity index (χ3v) is 4.51. The lowest BCUT2D eigenvalue weighted by atomic mass is 9.93. The van der Waals surface area contributed by atoms with E-state index < -0.39 is 11.0 Å². The molecule has 0 aliphatic rings. The molecule has 3 aromatic rings. The summed E-state index contributed by atoms with van der Waals surface area (Å²) >= 11 is 1.44. The molecule has 0 fully saturated rings. The molecule has 0 bridgehead atoms. The molecule has 3 aromatic heterocycles. The molecule has 0 amide bonds. The molecule has 3 rings (SSSR count). The molecule has 8 heteroatoms. The summed E-state index contributed by atoms with van der Waals surface area (Å²) in [7, 11) is 0. The number of nitrogens with zero attached hydrogens (tertiary/aromatic N) is 4. The van der Waals surface area contributed by atoms with Crippen LogP contribution >= 0.6 is 11.3 Å². The van der Waals surface area contributed by atoms with E-state index in [1.807, 2.05) is 52.9 Å². The van der Waals surface area contributed by atoms with E-state index in [0.717, 1.165) is 16.2 Å². The summed E-state index contributed by atoms with van der Waals surface area (Å²) in [5, 5.41) is 8.41. The fourth-order valence-electron chi connectivity index (χ4n) is 2.21. The molecule has 3 heterocycles. The van der Waals surface area contributed by atoms with E-state index in [4.69, 9.17) is 4.74 Å². The molecule has 1 N–H and O–H groups in total. The van der Waals surface area contributed by atoms with Crippen LogP contribution in [0.4, 0.5) is 5.13 Å². The van der Waals surface area contributed by atoms with Crippen molar-refractivity contribution in [3.63, 3.8) is 0 Å². The molecular weight excluding hydrogens is 350 g/mol. The minimum Gasteiger partial charge on any atom is -0.460 e. The molecular formula is C18H23N5O2S. The Hall–Kier alpha value is -2.48. The third kappa shape index (κ3) is 4.19. The van der Waals surface area contributed by atoms with Gasteiger partial charge in [0.15, 0.2) is 0 Å². The van der Waals surface area contributed by atoms with Gasteiger partial charge in [-0.25, -0.2) is 9.50 Å². The van der Waals surface area contributed by atoms with Gasteiger partial charge in [0.1, 0.15) is 5.60 Å². The maximum Gasteiger partial charge on any atom is 0.313 e. The largest absolute Gasteiger partial charge is 0.460 e. The standard InChI is InChI=1S/C18H23N5O2S/c1-17(2,3)25-14(24)18(4,5)11-20-15-22-23-10-13(21-16(23)26-15)12-7-6-8-19-9-12/h6-10H,11H2,1-5H3,(H,20,22). The van der Waals surface area contributed by atoms with Gasteiger partial charge >= 0.3 is 5.97 Å². The lowest BCUT2D eigenvalue weighted by molar-refractivity contribution is -0.164. The normalized spacial score (nSPS) is 12.3. The van der Waals surface area contributed by atoms with Gasteiger partial charge in [-0.15, -0.1) is 5.10 Å². The van der Waals surface area contributed by atoms with E-state index in [9.17, 15) is 4.79 Å². The highest BCUT2D eigenvalue weighted by atomic mass is 32.1. The Bertz CT molecular complexity index is 877. The number of carbonyl (C=O) groups is 1. The van der Waals surface area contributed by atoms with Gasteiger partial charge < -0.3 is 10.1 Å². The van der Waals surface area contributed by atoms with Gasteiger partial charge in [0.05, 0.1) is 17.3 Å². The van der Waals surface area contributed by atoms with Crippen LogP contribution in [-0.2, 0) is 9.53 Å². The molecule has 0 unspecified atom stereocenters. The Morgan fingerprint density at radius 2 is 2.08 bits per heavy atom. The first kappa shape index (κ1) is 18.3. The zero-order valence-electron chi connectivity index (χ0n) is 15.6. The molecule has 26 heavy (non-hydrogen) atoms. The maximum absolute atomic E-state index is 12.3. The number of hydrogen-bond acceptors (Lipinski definition) is 7. The van der Waals surface area contributed by atoms with Gasteiger partial charge in [-0.05, 0) is 46.8 Å². The first-order valence-electron chi connectivity index (χ1n) is 8.38. The molecule has 7 nitrogen and oxygen atoms in total. The molecule has 0 aromatic carbocycles. The van der Waals surface area contributed by atoms with Crippen molar-refractivity contribution >= 4 is 27.4 Å². The smallest absolute Gasteiger partial charge is 0.313 e. The summed E-state index contributed by atoms with van der Waals surface area (Å²) in [6, 6.07) is 3.84. The maximum atomic E-state index is 12.3. The molecule has 0 atom stereocenters. The van der Waals surface area contributed by atoms with Crippen molar-refractivity contribution in [3.05, 3.63) is 30.7 Å². The van der Waals surface area contributed by atoms with Crippen LogP contribution in [0.2, 0.25) is 0 Å². The number of carbonyl (C=O) groups excluding carboxylic acids is 1. The summed E-state index contributed by atoms with van der Waals surface area (Å²) in [6.07, 6.45) is 5.37. The minimum absolute atomic E-state index is 0.238. The predicted octanol–water partition coefficient (Wildman–Crippen LogP) is 3.63. The molecule has 0 aliphatic heterocycles. The van der Waals surface area contributed by atoms with Gasteiger partial charge in [-0.2, -0.15) is 0 Å². The van der Waals surface area contributed by atoms with E-state index in [0.29, 0.717) is 11.7 Å². The fourth-order valence-corrected chi connectivity index (χ4v) is 2.99. The lowest BCUT2D eigenvalue weighted by Crippen LogP contribution is -2.38. The van der Waals surface area contributed by atoms with E-state index in [1.165, 1.54) is 11.3 Å². The molecule has 0 aliphatic carbocycles. The number of pyridine rings is 1. The van der Waals surface area contributed by atoms with Crippen molar-refractivity contribution in [1.82, 2.24) is 19.6 Å². The third-order valence-electron chi connectivity index (χ3n) is 3.63. The molecule has 138 valence electrons. The van der Waals surface area contributed by atoms with Crippen LogP contribution in [0.5, 0.6) is 0 Å². The highest BCUT2D eigenvalue weighted by Crippen LogP contribution is 2.26. The number of imidazole rings is 1. The molecule has 0 saturated heterocycles. The summed E-state index contributed by atoms with van der Waals surface area (Å²) in [6.45, 7) is 9.73. The molecule has 0 saturated carbocycles. The van der Waals surface area contributed by atoms with Crippen molar-refractivity contribution in [2.45, 2.75) is 40.2 Å². The van der Waals surface area contributed by atoms with E-state index in [-0.39, 0.29) is 5.97 Å². The van der Waals surface area contributed by atoms with Crippen LogP contribution in [0.3, 0.4) is 0 Å². The van der Waals surface area contributed by atoms with Gasteiger partial charge in [0.25, 0.3) is 0 Å². The van der Waals surface area contributed by atoms with Crippen LogP contribution in [0.25, 0.3) is 16.2 Å². The zero-order chi connectivity index (χ0) is 18.9. The second kappa shape index (κ2) is 6.68. The number of fused-ring (bicyclic) bond motifs is 1. The number of ether oxygens (including phenoxy) is 1. The average molecular weight is 373 g/mol. The van der Waals surface area contributed by atoms with Gasteiger partial charge in [0.2, 0.25) is 10.1 Å². The summed E-state index contributed by atoms with van der Waals surface area (Å²) in [5.41, 5.74) is 0.615. The first-order valence-corrected chi connectivity index (χ1v) is 9.20. The van der Waals surface area contributed by atoms with E-state index >= 15 is 0 Å². The summed E-state index contributed by atoms with van der Waals surface area (Å²) < 4.78 is 7.21. The zero-order valence-corrected chi connectivity index (χ0v) is 16.4. The Morgan fingerprint density at radius 3 is 2.69 bits per heavy atom. The number of aromatic nitrogens is 4. The van der Waals surface area contributed by atoms with Crippen molar-refractivity contribution < 1.29 is 9.53 Å². The van der Waals surface area contributed by atoms with Crippen LogP contribution in [0, 0.1) is 5.41 Å². The highest BCUT2D eigenvalue weighted by Gasteiger charge is 2.32. The SMILES string of the molecule is CC(C)(C)OC(=O)C(C)(C)CNc1nn2cc(-c3cccnc3)nc2s1. The van der Waals surface area contributed by atoms with Gasteiger partial charge in [-0.1, -0.05) is 11.3 Å². The quantitative estimate of drug-likeness (QED) is 0.688.